The van der Waals surface area contributed by atoms with Crippen LogP contribution in [0.15, 0.2) is 42.5 Å². The van der Waals surface area contributed by atoms with E-state index in [-0.39, 0.29) is 12.5 Å². The van der Waals surface area contributed by atoms with E-state index in [4.69, 9.17) is 0 Å². The minimum atomic E-state index is -1.09. The Labute approximate surface area is 168 Å². The molecule has 0 aliphatic carbocycles. The van der Waals surface area contributed by atoms with Gasteiger partial charge in [0.05, 0.1) is 16.8 Å². The molecule has 0 saturated carbocycles. The number of para-hydroxylation sites is 2. The summed E-state index contributed by atoms with van der Waals surface area (Å²) in [6.07, 6.45) is 1.98. The van der Waals surface area contributed by atoms with Gasteiger partial charge in [0.25, 0.3) is 0 Å². The highest BCUT2D eigenvalue weighted by Crippen LogP contribution is 2.22. The molecule has 0 spiro atoms. The predicted octanol–water partition coefficient (Wildman–Crippen LogP) is 3.46. The third-order valence-electron chi connectivity index (χ3n) is 4.82. The van der Waals surface area contributed by atoms with E-state index in [2.05, 4.69) is 10.3 Å². The van der Waals surface area contributed by atoms with Gasteiger partial charge in [0, 0.05) is 0 Å². The summed E-state index contributed by atoms with van der Waals surface area (Å²) in [4.78, 5) is 29.2. The number of carboxylic acids is 1. The van der Waals surface area contributed by atoms with Crippen molar-refractivity contribution in [1.29, 1.82) is 0 Å². The molecule has 0 radical (unpaired) electrons. The SMILES string of the molecule is CSCc1nc2ccccc2n1CC(=O)NC(C(=O)O)c1cccc(C)c1C. The number of aryl methyl sites for hydroxylation is 1. The lowest BCUT2D eigenvalue weighted by atomic mass is 9.97. The first-order chi connectivity index (χ1) is 13.4. The molecule has 3 rings (SSSR count). The van der Waals surface area contributed by atoms with E-state index in [0.717, 1.165) is 28.0 Å². The van der Waals surface area contributed by atoms with Gasteiger partial charge in [-0.05, 0) is 48.9 Å². The molecule has 2 N–H and O–H groups in total. The maximum atomic E-state index is 12.8. The van der Waals surface area contributed by atoms with Crippen LogP contribution in [-0.2, 0) is 21.9 Å². The Morgan fingerprint density at radius 3 is 2.64 bits per heavy atom. The van der Waals surface area contributed by atoms with Gasteiger partial charge in [0.15, 0.2) is 6.04 Å². The average Bonchev–Trinajstić information content (AvgIpc) is 3.00. The normalized spacial score (nSPS) is 12.1. The lowest BCUT2D eigenvalue weighted by Crippen LogP contribution is -2.36. The number of carbonyl (C=O) groups excluding carboxylic acids is 1. The van der Waals surface area contributed by atoms with Crippen molar-refractivity contribution in [2.24, 2.45) is 0 Å². The lowest BCUT2D eigenvalue weighted by molar-refractivity contribution is -0.142. The maximum Gasteiger partial charge on any atom is 0.330 e. The Morgan fingerprint density at radius 2 is 1.93 bits per heavy atom. The number of carboxylic acid groups (broad SMARTS) is 1. The van der Waals surface area contributed by atoms with Gasteiger partial charge in [0.1, 0.15) is 12.4 Å². The van der Waals surface area contributed by atoms with Gasteiger partial charge in [-0.2, -0.15) is 11.8 Å². The molecular formula is C21H23N3O3S. The van der Waals surface area contributed by atoms with Crippen LogP contribution in [0.1, 0.15) is 28.6 Å². The largest absolute Gasteiger partial charge is 0.479 e. The first-order valence-electron chi connectivity index (χ1n) is 8.93. The minimum Gasteiger partial charge on any atom is -0.479 e. The number of benzene rings is 2. The highest BCUT2D eigenvalue weighted by molar-refractivity contribution is 7.97. The van der Waals surface area contributed by atoms with Gasteiger partial charge >= 0.3 is 5.97 Å². The minimum absolute atomic E-state index is 0.0189. The van der Waals surface area contributed by atoms with Gasteiger partial charge in [-0.15, -0.1) is 0 Å². The summed E-state index contributed by atoms with van der Waals surface area (Å²) in [5.41, 5.74) is 4.14. The second-order valence-electron chi connectivity index (χ2n) is 6.66. The summed E-state index contributed by atoms with van der Waals surface area (Å²) in [6.45, 7) is 3.81. The van der Waals surface area contributed by atoms with Crippen molar-refractivity contribution >= 4 is 34.7 Å². The topological polar surface area (TPSA) is 84.2 Å². The number of hydrogen-bond acceptors (Lipinski definition) is 4. The number of aromatic nitrogens is 2. The van der Waals surface area contributed by atoms with Crippen LogP contribution in [0.25, 0.3) is 11.0 Å². The van der Waals surface area contributed by atoms with E-state index >= 15 is 0 Å². The van der Waals surface area contributed by atoms with Crippen molar-refractivity contribution in [3.63, 3.8) is 0 Å². The van der Waals surface area contributed by atoms with E-state index in [9.17, 15) is 14.7 Å². The second kappa shape index (κ2) is 8.48. The molecule has 2 aromatic carbocycles. The summed E-state index contributed by atoms with van der Waals surface area (Å²) >= 11 is 1.62. The first kappa shape index (κ1) is 19.9. The fraction of sp³-hybridized carbons (Fsp3) is 0.286. The van der Waals surface area contributed by atoms with Gasteiger partial charge in [-0.3, -0.25) is 4.79 Å². The molecule has 1 unspecified atom stereocenters. The highest BCUT2D eigenvalue weighted by Gasteiger charge is 2.25. The molecule has 3 aromatic rings. The van der Waals surface area contributed by atoms with E-state index in [1.165, 1.54) is 0 Å². The zero-order valence-electron chi connectivity index (χ0n) is 16.1. The number of fused-ring (bicyclic) bond motifs is 1. The van der Waals surface area contributed by atoms with Crippen LogP contribution in [0.2, 0.25) is 0 Å². The molecule has 7 heteroatoms. The molecule has 0 saturated heterocycles. The summed E-state index contributed by atoms with van der Waals surface area (Å²) in [5, 5.41) is 12.4. The van der Waals surface area contributed by atoms with Gasteiger partial charge < -0.3 is 15.0 Å². The number of imidazole rings is 1. The van der Waals surface area contributed by atoms with E-state index < -0.39 is 12.0 Å². The fourth-order valence-electron chi connectivity index (χ4n) is 3.25. The quantitative estimate of drug-likeness (QED) is 0.638. The van der Waals surface area contributed by atoms with Crippen molar-refractivity contribution in [3.8, 4) is 0 Å². The Kier molecular flexibility index (Phi) is 6.04. The first-order valence-corrected chi connectivity index (χ1v) is 10.3. The Morgan fingerprint density at radius 1 is 1.18 bits per heavy atom. The molecule has 1 atom stereocenters. The van der Waals surface area contributed by atoms with E-state index in [0.29, 0.717) is 11.3 Å². The smallest absolute Gasteiger partial charge is 0.330 e. The Balaban J connectivity index is 1.88. The van der Waals surface area contributed by atoms with Crippen LogP contribution in [0.5, 0.6) is 0 Å². The van der Waals surface area contributed by atoms with Gasteiger partial charge in [-0.25, -0.2) is 9.78 Å². The zero-order chi connectivity index (χ0) is 20.3. The van der Waals surface area contributed by atoms with Gasteiger partial charge in [-0.1, -0.05) is 30.3 Å². The van der Waals surface area contributed by atoms with Gasteiger partial charge in [0.2, 0.25) is 5.91 Å². The lowest BCUT2D eigenvalue weighted by Gasteiger charge is -2.19. The predicted molar refractivity (Wildman–Crippen MR) is 111 cm³/mol. The Hall–Kier alpha value is -2.80. The number of aliphatic carboxylic acids is 1. The number of hydrogen-bond donors (Lipinski definition) is 2. The number of amides is 1. The highest BCUT2D eigenvalue weighted by atomic mass is 32.2. The number of nitrogens with zero attached hydrogens (tertiary/aromatic N) is 2. The number of carbonyl (C=O) groups is 2. The standard InChI is InChI=1S/C21H23N3O3S/c1-13-7-6-8-15(14(13)2)20(21(26)27)23-19(25)11-24-17-10-5-4-9-16(17)22-18(24)12-28-3/h4-10,20H,11-12H2,1-3H3,(H,23,25)(H,26,27). The molecule has 1 aromatic heterocycles. The molecule has 0 aliphatic rings. The Bertz CT molecular complexity index is 1030. The molecule has 6 nitrogen and oxygen atoms in total. The van der Waals surface area contributed by atoms with Crippen molar-refractivity contribution in [2.75, 3.05) is 6.26 Å². The van der Waals surface area contributed by atoms with Crippen LogP contribution < -0.4 is 5.32 Å². The maximum absolute atomic E-state index is 12.8. The number of rotatable bonds is 7. The molecule has 1 heterocycles. The number of thioether (sulfide) groups is 1. The summed E-state index contributed by atoms with van der Waals surface area (Å²) in [5.74, 6) is 0.0181. The van der Waals surface area contributed by atoms with Crippen LogP contribution in [0, 0.1) is 13.8 Å². The van der Waals surface area contributed by atoms with Crippen LogP contribution in [-0.4, -0.2) is 32.8 Å². The molecule has 28 heavy (non-hydrogen) atoms. The van der Waals surface area contributed by atoms with Crippen LogP contribution in [0.3, 0.4) is 0 Å². The molecule has 146 valence electrons. The third-order valence-corrected chi connectivity index (χ3v) is 5.37. The molecule has 1 amide bonds. The van der Waals surface area contributed by atoms with E-state index in [1.54, 1.807) is 23.9 Å². The van der Waals surface area contributed by atoms with Crippen molar-refractivity contribution in [3.05, 3.63) is 65.0 Å². The van der Waals surface area contributed by atoms with E-state index in [1.807, 2.05) is 55.0 Å². The molecule has 0 aliphatic heterocycles. The van der Waals surface area contributed by atoms with Crippen LogP contribution in [0.4, 0.5) is 0 Å². The third kappa shape index (κ3) is 4.04. The summed E-state index contributed by atoms with van der Waals surface area (Å²) in [6, 6.07) is 12.0. The monoisotopic (exact) mass is 397 g/mol. The summed E-state index contributed by atoms with van der Waals surface area (Å²) < 4.78 is 1.85. The fourth-order valence-corrected chi connectivity index (χ4v) is 3.73. The van der Waals surface area contributed by atoms with Crippen molar-refractivity contribution in [2.45, 2.75) is 32.2 Å². The molecular weight excluding hydrogens is 374 g/mol. The zero-order valence-corrected chi connectivity index (χ0v) is 16.9. The molecule has 0 fully saturated rings. The van der Waals surface area contributed by atoms with Crippen molar-refractivity contribution in [1.82, 2.24) is 14.9 Å². The second-order valence-corrected chi connectivity index (χ2v) is 7.53. The van der Waals surface area contributed by atoms with Crippen molar-refractivity contribution < 1.29 is 14.7 Å². The average molecular weight is 398 g/mol. The molecule has 0 bridgehead atoms. The number of nitrogens with one attached hydrogen (secondary N) is 1. The van der Waals surface area contributed by atoms with Crippen LogP contribution >= 0.6 is 11.8 Å². The summed E-state index contributed by atoms with van der Waals surface area (Å²) in [7, 11) is 0.